The quantitative estimate of drug-likeness (QED) is 0.841. The number of phenols is 1. The number of oxazole rings is 1. The highest BCUT2D eigenvalue weighted by Crippen LogP contribution is 2.29. The van der Waals surface area contributed by atoms with Crippen molar-refractivity contribution >= 4 is 17.6 Å². The third kappa shape index (κ3) is 1.85. The second kappa shape index (κ2) is 3.86. The van der Waals surface area contributed by atoms with Gasteiger partial charge in [0, 0.05) is 5.56 Å². The first-order valence-electron chi connectivity index (χ1n) is 4.27. The Morgan fingerprint density at radius 3 is 2.81 bits per heavy atom. The summed E-state index contributed by atoms with van der Waals surface area (Å²) in [5, 5.41) is 17.9. The van der Waals surface area contributed by atoms with Crippen molar-refractivity contribution in [2.24, 2.45) is 0 Å². The Hall–Kier alpha value is -2.01. The van der Waals surface area contributed by atoms with E-state index < -0.39 is 5.97 Å². The van der Waals surface area contributed by atoms with Gasteiger partial charge in [0.1, 0.15) is 5.75 Å². The van der Waals surface area contributed by atoms with Crippen LogP contribution in [-0.4, -0.2) is 21.2 Å². The lowest BCUT2D eigenvalue weighted by Crippen LogP contribution is -1.98. The van der Waals surface area contributed by atoms with E-state index in [9.17, 15) is 9.90 Å². The van der Waals surface area contributed by atoms with E-state index in [1.54, 1.807) is 12.1 Å². The largest absolute Gasteiger partial charge is 0.508 e. The predicted molar refractivity (Wildman–Crippen MR) is 55.6 cm³/mol. The number of hydrogen-bond donors (Lipinski definition) is 2. The number of hydrogen-bond acceptors (Lipinski definition) is 4. The van der Waals surface area contributed by atoms with Crippen LogP contribution in [0.25, 0.3) is 11.3 Å². The van der Waals surface area contributed by atoms with E-state index >= 15 is 0 Å². The van der Waals surface area contributed by atoms with Gasteiger partial charge in [-0.1, -0.05) is 12.1 Å². The highest BCUT2D eigenvalue weighted by Gasteiger charge is 2.20. The van der Waals surface area contributed by atoms with E-state index in [4.69, 9.17) is 21.1 Å². The molecular formula is C10H6ClNO4. The maximum absolute atomic E-state index is 10.8. The van der Waals surface area contributed by atoms with Gasteiger partial charge < -0.3 is 14.6 Å². The van der Waals surface area contributed by atoms with E-state index in [-0.39, 0.29) is 22.6 Å². The lowest BCUT2D eigenvalue weighted by Gasteiger charge is -1.98. The Balaban J connectivity index is 2.59. The van der Waals surface area contributed by atoms with Crippen molar-refractivity contribution in [2.45, 2.75) is 0 Å². The molecule has 0 bridgehead atoms. The Morgan fingerprint density at radius 2 is 2.19 bits per heavy atom. The van der Waals surface area contributed by atoms with Crippen molar-refractivity contribution in [3.05, 3.63) is 35.3 Å². The van der Waals surface area contributed by atoms with E-state index in [2.05, 4.69) is 4.98 Å². The molecule has 2 aromatic rings. The summed E-state index contributed by atoms with van der Waals surface area (Å²) in [7, 11) is 0. The summed E-state index contributed by atoms with van der Waals surface area (Å²) in [6, 6.07) is 5.97. The van der Waals surface area contributed by atoms with Gasteiger partial charge in [-0.3, -0.25) is 0 Å². The SMILES string of the molecule is O=C(O)c1nc(Cl)oc1-c1cccc(O)c1. The molecule has 2 rings (SSSR count). The fraction of sp³-hybridized carbons (Fsp3) is 0. The van der Waals surface area contributed by atoms with Crippen LogP contribution >= 0.6 is 11.6 Å². The summed E-state index contributed by atoms with van der Waals surface area (Å²) < 4.78 is 4.98. The molecule has 2 N–H and O–H groups in total. The normalized spacial score (nSPS) is 10.3. The van der Waals surface area contributed by atoms with Gasteiger partial charge in [-0.05, 0) is 23.7 Å². The Bertz CT molecular complexity index is 550. The smallest absolute Gasteiger partial charge is 0.358 e. The number of halogens is 1. The zero-order chi connectivity index (χ0) is 11.7. The molecule has 6 heteroatoms. The third-order valence-corrected chi connectivity index (χ3v) is 2.07. The number of nitrogens with zero attached hydrogens (tertiary/aromatic N) is 1. The van der Waals surface area contributed by atoms with Gasteiger partial charge in [0.15, 0.2) is 11.5 Å². The molecule has 0 aliphatic heterocycles. The molecule has 0 amide bonds. The molecule has 0 aliphatic carbocycles. The zero-order valence-corrected chi connectivity index (χ0v) is 8.60. The van der Waals surface area contributed by atoms with Gasteiger partial charge in [0.2, 0.25) is 0 Å². The van der Waals surface area contributed by atoms with Crippen LogP contribution in [0.3, 0.4) is 0 Å². The number of aromatic hydroxyl groups is 1. The molecule has 0 aliphatic rings. The number of carboxylic acids is 1. The molecular weight excluding hydrogens is 234 g/mol. The number of rotatable bonds is 2. The van der Waals surface area contributed by atoms with E-state index in [1.807, 2.05) is 0 Å². The number of carboxylic acid groups (broad SMARTS) is 1. The average Bonchev–Trinajstić information content (AvgIpc) is 2.60. The fourth-order valence-corrected chi connectivity index (χ4v) is 1.44. The van der Waals surface area contributed by atoms with E-state index in [0.717, 1.165) is 0 Å². The molecule has 0 radical (unpaired) electrons. The zero-order valence-electron chi connectivity index (χ0n) is 7.85. The van der Waals surface area contributed by atoms with Crippen LogP contribution in [0.15, 0.2) is 28.7 Å². The number of benzene rings is 1. The van der Waals surface area contributed by atoms with Crippen LogP contribution in [0.2, 0.25) is 5.35 Å². The molecule has 5 nitrogen and oxygen atoms in total. The van der Waals surface area contributed by atoms with Gasteiger partial charge in [0.05, 0.1) is 0 Å². The standard InChI is InChI=1S/C10H6ClNO4/c11-10-12-7(9(14)15)8(16-10)5-2-1-3-6(13)4-5/h1-4,13H,(H,14,15). The Labute approximate surface area is 94.9 Å². The molecule has 0 spiro atoms. The number of aromatic carboxylic acids is 1. The minimum Gasteiger partial charge on any atom is -0.508 e. The van der Waals surface area contributed by atoms with Crippen molar-refractivity contribution in [1.29, 1.82) is 0 Å². The lowest BCUT2D eigenvalue weighted by molar-refractivity contribution is 0.0691. The third-order valence-electron chi connectivity index (χ3n) is 1.91. The van der Waals surface area contributed by atoms with Crippen molar-refractivity contribution < 1.29 is 19.4 Å². The van der Waals surface area contributed by atoms with E-state index in [0.29, 0.717) is 5.56 Å². The molecule has 82 valence electrons. The van der Waals surface area contributed by atoms with Crippen LogP contribution in [0.5, 0.6) is 5.75 Å². The second-order valence-electron chi connectivity index (χ2n) is 3.00. The minimum atomic E-state index is -1.24. The van der Waals surface area contributed by atoms with Crippen molar-refractivity contribution in [2.75, 3.05) is 0 Å². The van der Waals surface area contributed by atoms with Gasteiger partial charge >= 0.3 is 5.97 Å². The summed E-state index contributed by atoms with van der Waals surface area (Å²) >= 11 is 5.50. The van der Waals surface area contributed by atoms with Gasteiger partial charge in [-0.2, -0.15) is 4.98 Å². The van der Waals surface area contributed by atoms with Crippen LogP contribution in [0.1, 0.15) is 10.5 Å². The van der Waals surface area contributed by atoms with E-state index in [1.165, 1.54) is 12.1 Å². The summed E-state index contributed by atoms with van der Waals surface area (Å²) in [4.78, 5) is 14.4. The fourth-order valence-electron chi connectivity index (χ4n) is 1.28. The summed E-state index contributed by atoms with van der Waals surface area (Å²) in [6.45, 7) is 0. The first-order chi connectivity index (χ1) is 7.58. The van der Waals surface area contributed by atoms with Gasteiger partial charge in [-0.25, -0.2) is 4.79 Å². The predicted octanol–water partition coefficient (Wildman–Crippen LogP) is 2.40. The molecule has 0 fully saturated rings. The van der Waals surface area contributed by atoms with Gasteiger partial charge in [-0.15, -0.1) is 0 Å². The minimum absolute atomic E-state index is 0.00126. The number of phenolic OH excluding ortho intramolecular Hbond substituents is 1. The maximum Gasteiger partial charge on any atom is 0.358 e. The summed E-state index contributed by atoms with van der Waals surface area (Å²) in [5.74, 6) is -1.22. The number of carbonyl (C=O) groups is 1. The molecule has 0 unspecified atom stereocenters. The maximum atomic E-state index is 10.8. The highest BCUT2D eigenvalue weighted by molar-refractivity contribution is 6.28. The number of aromatic nitrogens is 1. The van der Waals surface area contributed by atoms with Crippen LogP contribution in [0.4, 0.5) is 0 Å². The summed E-state index contributed by atoms with van der Waals surface area (Å²) in [5.41, 5.74) is 0.118. The Morgan fingerprint density at radius 1 is 1.44 bits per heavy atom. The first kappa shape index (κ1) is 10.5. The molecule has 1 heterocycles. The van der Waals surface area contributed by atoms with Crippen LogP contribution < -0.4 is 0 Å². The average molecular weight is 240 g/mol. The molecule has 0 saturated carbocycles. The highest BCUT2D eigenvalue weighted by atomic mass is 35.5. The molecule has 0 saturated heterocycles. The van der Waals surface area contributed by atoms with Gasteiger partial charge in [0.25, 0.3) is 5.35 Å². The topological polar surface area (TPSA) is 83.6 Å². The van der Waals surface area contributed by atoms with Crippen molar-refractivity contribution in [3.63, 3.8) is 0 Å². The van der Waals surface area contributed by atoms with Crippen molar-refractivity contribution in [3.8, 4) is 17.1 Å². The molecule has 1 aromatic carbocycles. The van der Waals surface area contributed by atoms with Crippen LogP contribution in [-0.2, 0) is 0 Å². The van der Waals surface area contributed by atoms with Crippen molar-refractivity contribution in [1.82, 2.24) is 4.98 Å². The van der Waals surface area contributed by atoms with Crippen LogP contribution in [0, 0.1) is 0 Å². The second-order valence-corrected chi connectivity index (χ2v) is 3.32. The molecule has 1 aromatic heterocycles. The molecule has 0 atom stereocenters. The lowest BCUT2D eigenvalue weighted by atomic mass is 10.1. The first-order valence-corrected chi connectivity index (χ1v) is 4.65. The summed E-state index contributed by atoms with van der Waals surface area (Å²) in [6.07, 6.45) is 0. The Kier molecular flexibility index (Phi) is 2.54. The molecule has 16 heavy (non-hydrogen) atoms. The monoisotopic (exact) mass is 239 g/mol.